The summed E-state index contributed by atoms with van der Waals surface area (Å²) in [5.41, 5.74) is 10.1. The first-order valence-electron chi connectivity index (χ1n) is 7.18. The van der Waals surface area contributed by atoms with E-state index in [1.807, 2.05) is 6.92 Å². The van der Waals surface area contributed by atoms with Crippen molar-refractivity contribution in [3.8, 4) is 0 Å². The Morgan fingerprint density at radius 3 is 2.79 bits per heavy atom. The average Bonchev–Trinajstić information content (AvgIpc) is 2.33. The molecule has 0 radical (unpaired) electrons. The molecule has 0 aromatic heterocycles. The maximum atomic E-state index is 9.80. The standard InChI is InChI=1S/C16H26N2O/c1-11-4-5-12(2)14(6-11)8-18-9-15(13(3)19)7-16(17)10-18/h4-6,13,15-16,19H,7-10,17H2,1-3H3. The van der Waals surface area contributed by atoms with Crippen molar-refractivity contribution in [2.24, 2.45) is 11.7 Å². The lowest BCUT2D eigenvalue weighted by molar-refractivity contribution is 0.0516. The number of hydrogen-bond acceptors (Lipinski definition) is 3. The molecule has 106 valence electrons. The van der Waals surface area contributed by atoms with Gasteiger partial charge in [0.25, 0.3) is 0 Å². The van der Waals surface area contributed by atoms with Crippen LogP contribution in [0.1, 0.15) is 30.0 Å². The van der Waals surface area contributed by atoms with Crippen molar-refractivity contribution in [3.05, 3.63) is 34.9 Å². The van der Waals surface area contributed by atoms with Gasteiger partial charge in [-0.05, 0) is 44.2 Å². The SMILES string of the molecule is Cc1ccc(C)c(CN2CC(N)CC(C(C)O)C2)c1. The van der Waals surface area contributed by atoms with Crippen LogP contribution in [0.3, 0.4) is 0 Å². The largest absolute Gasteiger partial charge is 0.393 e. The lowest BCUT2D eigenvalue weighted by Gasteiger charge is -2.37. The molecule has 1 aromatic rings. The summed E-state index contributed by atoms with van der Waals surface area (Å²) in [4.78, 5) is 2.38. The maximum Gasteiger partial charge on any atom is 0.0553 e. The predicted octanol–water partition coefficient (Wildman–Crippen LogP) is 1.83. The first kappa shape index (κ1) is 14.5. The van der Waals surface area contributed by atoms with Gasteiger partial charge in [-0.25, -0.2) is 0 Å². The van der Waals surface area contributed by atoms with Gasteiger partial charge in [0.2, 0.25) is 0 Å². The average molecular weight is 262 g/mol. The van der Waals surface area contributed by atoms with Gasteiger partial charge in [-0.1, -0.05) is 23.8 Å². The molecule has 1 aliphatic rings. The Bertz CT molecular complexity index is 431. The van der Waals surface area contributed by atoms with Gasteiger partial charge in [-0.15, -0.1) is 0 Å². The van der Waals surface area contributed by atoms with E-state index in [9.17, 15) is 5.11 Å². The molecule has 3 nitrogen and oxygen atoms in total. The normalized spacial score (nSPS) is 26.4. The van der Waals surface area contributed by atoms with Crippen LogP contribution < -0.4 is 5.73 Å². The minimum atomic E-state index is -0.271. The molecular weight excluding hydrogens is 236 g/mol. The number of aliphatic hydroxyl groups excluding tert-OH is 1. The van der Waals surface area contributed by atoms with Gasteiger partial charge in [-0.2, -0.15) is 0 Å². The summed E-state index contributed by atoms with van der Waals surface area (Å²) in [7, 11) is 0. The second-order valence-electron chi connectivity index (χ2n) is 6.12. The van der Waals surface area contributed by atoms with Gasteiger partial charge in [-0.3, -0.25) is 4.90 Å². The molecule has 1 aromatic carbocycles. The molecule has 2 rings (SSSR count). The highest BCUT2D eigenvalue weighted by atomic mass is 16.3. The number of benzene rings is 1. The summed E-state index contributed by atoms with van der Waals surface area (Å²) in [6, 6.07) is 6.77. The molecule has 3 N–H and O–H groups in total. The summed E-state index contributed by atoms with van der Waals surface area (Å²) in [5, 5.41) is 9.80. The van der Waals surface area contributed by atoms with Crippen LogP contribution in [-0.2, 0) is 6.54 Å². The number of rotatable bonds is 3. The maximum absolute atomic E-state index is 9.80. The third-order valence-electron chi connectivity index (χ3n) is 4.17. The lowest BCUT2D eigenvalue weighted by atomic mass is 9.90. The van der Waals surface area contributed by atoms with Gasteiger partial charge < -0.3 is 10.8 Å². The molecule has 1 saturated heterocycles. The monoisotopic (exact) mass is 262 g/mol. The Morgan fingerprint density at radius 2 is 2.11 bits per heavy atom. The van der Waals surface area contributed by atoms with E-state index in [0.717, 1.165) is 26.1 Å². The van der Waals surface area contributed by atoms with Gasteiger partial charge in [0.05, 0.1) is 6.10 Å². The summed E-state index contributed by atoms with van der Waals surface area (Å²) >= 11 is 0. The highest BCUT2D eigenvalue weighted by Gasteiger charge is 2.28. The molecular formula is C16H26N2O. The van der Waals surface area contributed by atoms with Crippen LogP contribution in [0.4, 0.5) is 0 Å². The van der Waals surface area contributed by atoms with E-state index < -0.39 is 0 Å². The molecule has 0 bridgehead atoms. The van der Waals surface area contributed by atoms with Gasteiger partial charge in [0.15, 0.2) is 0 Å². The fraction of sp³-hybridized carbons (Fsp3) is 0.625. The smallest absolute Gasteiger partial charge is 0.0553 e. The van der Waals surface area contributed by atoms with Crippen LogP contribution in [0, 0.1) is 19.8 Å². The Kier molecular flexibility index (Phi) is 4.61. The second-order valence-corrected chi connectivity index (χ2v) is 6.12. The van der Waals surface area contributed by atoms with E-state index in [4.69, 9.17) is 5.73 Å². The Balaban J connectivity index is 2.07. The van der Waals surface area contributed by atoms with E-state index in [0.29, 0.717) is 5.92 Å². The van der Waals surface area contributed by atoms with Crippen molar-refractivity contribution in [1.82, 2.24) is 4.90 Å². The van der Waals surface area contributed by atoms with E-state index in [1.165, 1.54) is 16.7 Å². The number of aryl methyl sites for hydroxylation is 2. The summed E-state index contributed by atoms with van der Waals surface area (Å²) < 4.78 is 0. The molecule has 3 heteroatoms. The molecule has 0 saturated carbocycles. The van der Waals surface area contributed by atoms with Gasteiger partial charge in [0.1, 0.15) is 0 Å². The van der Waals surface area contributed by atoms with E-state index in [-0.39, 0.29) is 12.1 Å². The number of hydrogen-bond donors (Lipinski definition) is 2. The summed E-state index contributed by atoms with van der Waals surface area (Å²) in [5.74, 6) is 0.300. The number of nitrogens with zero attached hydrogens (tertiary/aromatic N) is 1. The molecule has 0 aliphatic carbocycles. The fourth-order valence-electron chi connectivity index (χ4n) is 2.97. The molecule has 1 fully saturated rings. The van der Waals surface area contributed by atoms with Crippen molar-refractivity contribution in [1.29, 1.82) is 0 Å². The Hall–Kier alpha value is -0.900. The van der Waals surface area contributed by atoms with Crippen LogP contribution in [0.25, 0.3) is 0 Å². The van der Waals surface area contributed by atoms with Crippen LogP contribution in [0.5, 0.6) is 0 Å². The van der Waals surface area contributed by atoms with E-state index in [1.54, 1.807) is 0 Å². The zero-order valence-electron chi connectivity index (χ0n) is 12.3. The predicted molar refractivity (Wildman–Crippen MR) is 79.0 cm³/mol. The minimum Gasteiger partial charge on any atom is -0.393 e. The fourth-order valence-corrected chi connectivity index (χ4v) is 2.97. The Morgan fingerprint density at radius 1 is 1.37 bits per heavy atom. The first-order chi connectivity index (χ1) is 8.95. The number of likely N-dealkylation sites (tertiary alicyclic amines) is 1. The molecule has 3 atom stereocenters. The molecule has 1 aliphatic heterocycles. The Labute approximate surface area is 116 Å². The minimum absolute atomic E-state index is 0.179. The van der Waals surface area contributed by atoms with Crippen LogP contribution in [0.2, 0.25) is 0 Å². The quantitative estimate of drug-likeness (QED) is 0.874. The van der Waals surface area contributed by atoms with E-state index >= 15 is 0 Å². The number of piperidine rings is 1. The topological polar surface area (TPSA) is 49.5 Å². The van der Waals surface area contributed by atoms with Crippen molar-refractivity contribution >= 4 is 0 Å². The van der Waals surface area contributed by atoms with Gasteiger partial charge in [0, 0.05) is 25.7 Å². The third-order valence-corrected chi connectivity index (χ3v) is 4.17. The molecule has 0 amide bonds. The van der Waals surface area contributed by atoms with Crippen LogP contribution >= 0.6 is 0 Å². The van der Waals surface area contributed by atoms with Crippen molar-refractivity contribution in [2.75, 3.05) is 13.1 Å². The molecule has 19 heavy (non-hydrogen) atoms. The number of aliphatic hydroxyl groups is 1. The lowest BCUT2D eigenvalue weighted by Crippen LogP contribution is -2.49. The molecule has 1 heterocycles. The summed E-state index contributed by atoms with van der Waals surface area (Å²) in [6.45, 7) is 8.97. The molecule has 3 unspecified atom stereocenters. The van der Waals surface area contributed by atoms with Crippen LogP contribution in [0.15, 0.2) is 18.2 Å². The van der Waals surface area contributed by atoms with Gasteiger partial charge >= 0.3 is 0 Å². The highest BCUT2D eigenvalue weighted by molar-refractivity contribution is 5.30. The second kappa shape index (κ2) is 6.04. The number of nitrogens with two attached hydrogens (primary N) is 1. The zero-order valence-corrected chi connectivity index (χ0v) is 12.3. The van der Waals surface area contributed by atoms with Crippen molar-refractivity contribution in [2.45, 2.75) is 45.9 Å². The third kappa shape index (κ3) is 3.78. The van der Waals surface area contributed by atoms with Crippen molar-refractivity contribution < 1.29 is 5.11 Å². The summed E-state index contributed by atoms with van der Waals surface area (Å²) in [6.07, 6.45) is 0.661. The zero-order chi connectivity index (χ0) is 14.0. The van der Waals surface area contributed by atoms with Crippen LogP contribution in [-0.4, -0.2) is 35.2 Å². The molecule has 0 spiro atoms. The highest BCUT2D eigenvalue weighted by Crippen LogP contribution is 2.22. The van der Waals surface area contributed by atoms with Crippen molar-refractivity contribution in [3.63, 3.8) is 0 Å². The van der Waals surface area contributed by atoms with E-state index in [2.05, 4.69) is 36.9 Å². The first-order valence-corrected chi connectivity index (χ1v) is 7.18.